The van der Waals surface area contributed by atoms with Gasteiger partial charge in [0.25, 0.3) is 0 Å². The van der Waals surface area contributed by atoms with Crippen LogP contribution in [0.1, 0.15) is 29.2 Å². The Morgan fingerprint density at radius 2 is 0.792 bits per heavy atom. The van der Waals surface area contributed by atoms with Crippen LogP contribution in [0.3, 0.4) is 0 Å². The Kier molecular flexibility index (Phi) is 7.47. The van der Waals surface area contributed by atoms with E-state index in [4.69, 9.17) is 4.52 Å². The Bertz CT molecular complexity index is 1940. The summed E-state index contributed by atoms with van der Waals surface area (Å²) < 4.78 is 10.4. The summed E-state index contributed by atoms with van der Waals surface area (Å²) in [6, 6.07) is 72.4. The first kappa shape index (κ1) is 29.9. The van der Waals surface area contributed by atoms with Crippen molar-refractivity contribution in [1.82, 2.24) is 0 Å². The molecule has 7 aromatic rings. The molecule has 0 aliphatic carbocycles. The molecule has 3 heteroatoms. The molecule has 0 fully saturated rings. The molecule has 8 rings (SSSR count). The number of hydrogen-bond donors (Lipinski definition) is 0. The van der Waals surface area contributed by atoms with Crippen molar-refractivity contribution in [3.8, 4) is 5.75 Å². The Morgan fingerprint density at radius 1 is 0.438 bits per heavy atom. The van der Waals surface area contributed by atoms with Gasteiger partial charge in [-0.05, 0) is 0 Å². The van der Waals surface area contributed by atoms with Gasteiger partial charge in [0.15, 0.2) is 0 Å². The summed E-state index contributed by atoms with van der Waals surface area (Å²) in [6.07, 6.45) is 0. The molecule has 48 heavy (non-hydrogen) atoms. The second-order valence-corrected chi connectivity index (χ2v) is 16.5. The van der Waals surface area contributed by atoms with Gasteiger partial charge in [0.2, 0.25) is 0 Å². The van der Waals surface area contributed by atoms with E-state index in [1.807, 2.05) is 0 Å². The van der Waals surface area contributed by atoms with Crippen LogP contribution in [0.15, 0.2) is 200 Å². The third-order valence-electron chi connectivity index (χ3n) is 10.0. The number of rotatable bonds is 8. The van der Waals surface area contributed by atoms with E-state index in [0.29, 0.717) is 0 Å². The van der Waals surface area contributed by atoms with Crippen LogP contribution in [0.2, 0.25) is 0 Å². The van der Waals surface area contributed by atoms with Gasteiger partial charge >= 0.3 is 285 Å². The van der Waals surface area contributed by atoms with E-state index in [2.05, 4.69) is 212 Å². The molecule has 1 heterocycles. The summed E-state index contributed by atoms with van der Waals surface area (Å²) in [5.41, 5.74) is 5.39. The molecule has 234 valence electrons. The van der Waals surface area contributed by atoms with Gasteiger partial charge in [-0.1, -0.05) is 0 Å². The fourth-order valence-electron chi connectivity index (χ4n) is 8.12. The molecule has 1 aliphatic rings. The predicted molar refractivity (Wildman–Crippen MR) is 204 cm³/mol. The maximum atomic E-state index is 7.79. The molecular weight excluding hydrogens is 601 g/mol. The number of anilines is 1. The molecule has 2 nitrogen and oxygen atoms in total. The third kappa shape index (κ3) is 4.16. The van der Waals surface area contributed by atoms with Crippen molar-refractivity contribution in [1.29, 1.82) is 0 Å². The molecule has 1 aliphatic heterocycles. The minimum atomic E-state index is -3.77. The molecular formula is C45H38NOP. The van der Waals surface area contributed by atoms with Crippen molar-refractivity contribution < 1.29 is 4.52 Å². The van der Waals surface area contributed by atoms with Crippen LogP contribution in [-0.2, 0) is 5.41 Å². The van der Waals surface area contributed by atoms with Gasteiger partial charge < -0.3 is 0 Å². The normalized spacial score (nSPS) is 15.4. The van der Waals surface area contributed by atoms with Gasteiger partial charge in [0, 0.05) is 0 Å². The SMILES string of the molecule is CCN1c2cc(C(c3ccccc3)(c3ccccc3)c3ccccc3)ccc2OP1(c1ccccc1)(c1ccccc1)c1ccccc1. The molecule has 0 amide bonds. The van der Waals surface area contributed by atoms with Crippen molar-refractivity contribution in [2.75, 3.05) is 11.2 Å². The molecule has 0 saturated heterocycles. The molecule has 0 unspecified atom stereocenters. The number of benzene rings is 7. The number of fused-ring (bicyclic) bond motifs is 1. The van der Waals surface area contributed by atoms with E-state index < -0.39 is 12.4 Å². The first-order valence-electron chi connectivity index (χ1n) is 16.7. The molecule has 0 bridgehead atoms. The van der Waals surface area contributed by atoms with Gasteiger partial charge in [-0.25, -0.2) is 0 Å². The minimum absolute atomic E-state index is 0.566. The molecule has 0 radical (unpaired) electrons. The monoisotopic (exact) mass is 639 g/mol. The van der Waals surface area contributed by atoms with Crippen molar-refractivity contribution in [3.05, 3.63) is 222 Å². The zero-order valence-corrected chi connectivity index (χ0v) is 28.0. The van der Waals surface area contributed by atoms with Crippen LogP contribution in [0.5, 0.6) is 5.75 Å². The molecule has 0 atom stereocenters. The van der Waals surface area contributed by atoms with Crippen molar-refractivity contribution >= 4 is 28.6 Å². The molecule has 0 saturated carbocycles. The van der Waals surface area contributed by atoms with Crippen molar-refractivity contribution in [2.45, 2.75) is 12.3 Å². The zero-order valence-electron chi connectivity index (χ0n) is 27.1. The Morgan fingerprint density at radius 3 is 1.15 bits per heavy atom. The standard InChI is InChI=1S/C45H38NOP/c1-2-46-43-35-39(45(36-21-9-3-10-22-36,37-23-11-4-12-24-37)38-25-13-5-14-26-38)33-34-44(43)47-48(46,40-27-15-6-16-28-40,41-29-17-7-18-30-41)42-31-19-8-20-32-42/h3-35H,2H2,1H3. The van der Waals surface area contributed by atoms with Crippen LogP contribution >= 0.6 is 6.98 Å². The number of nitrogens with zero attached hydrogens (tertiary/aromatic N) is 1. The van der Waals surface area contributed by atoms with Gasteiger partial charge in [-0.3, -0.25) is 0 Å². The van der Waals surface area contributed by atoms with Crippen molar-refractivity contribution in [2.24, 2.45) is 0 Å². The average Bonchev–Trinajstić information content (AvgIpc) is 3.50. The van der Waals surface area contributed by atoms with E-state index in [1.54, 1.807) is 0 Å². The van der Waals surface area contributed by atoms with E-state index >= 15 is 0 Å². The average molecular weight is 640 g/mol. The fraction of sp³-hybridized carbons (Fsp3) is 0.0667. The summed E-state index contributed by atoms with van der Waals surface area (Å²) in [4.78, 5) is 0. The van der Waals surface area contributed by atoms with Gasteiger partial charge in [0.05, 0.1) is 0 Å². The molecule has 0 N–H and O–H groups in total. The van der Waals surface area contributed by atoms with Crippen LogP contribution < -0.4 is 25.1 Å². The Hall–Kier alpha value is -5.43. The quantitative estimate of drug-likeness (QED) is 0.121. The molecule has 0 aromatic heterocycles. The summed E-state index contributed by atoms with van der Waals surface area (Å²) in [7, 11) is 0. The third-order valence-corrected chi connectivity index (χ3v) is 15.8. The Balaban J connectivity index is 1.48. The van der Waals surface area contributed by atoms with E-state index in [-0.39, 0.29) is 0 Å². The topological polar surface area (TPSA) is 12.5 Å². The van der Waals surface area contributed by atoms with Gasteiger partial charge in [0.1, 0.15) is 0 Å². The van der Waals surface area contributed by atoms with Crippen LogP contribution in [0, 0.1) is 0 Å². The number of hydrogen-bond acceptors (Lipinski definition) is 2. The Labute approximate surface area is 284 Å². The van der Waals surface area contributed by atoms with Gasteiger partial charge in [-0.2, -0.15) is 0 Å². The second kappa shape index (κ2) is 12.0. The van der Waals surface area contributed by atoms with Crippen LogP contribution in [-0.4, -0.2) is 6.54 Å². The predicted octanol–water partition coefficient (Wildman–Crippen LogP) is 9.65. The fourth-order valence-corrected chi connectivity index (χ4v) is 14.1. The summed E-state index contributed by atoms with van der Waals surface area (Å²) >= 11 is 0. The van der Waals surface area contributed by atoms with E-state index in [9.17, 15) is 0 Å². The first-order chi connectivity index (χ1) is 23.7. The van der Waals surface area contributed by atoms with Crippen LogP contribution in [0.25, 0.3) is 0 Å². The summed E-state index contributed by atoms with van der Waals surface area (Å²) in [5.74, 6) is 0.901. The zero-order chi connectivity index (χ0) is 32.5. The summed E-state index contributed by atoms with van der Waals surface area (Å²) in [6.45, 7) is -0.753. The molecule has 0 spiro atoms. The van der Waals surface area contributed by atoms with E-state index in [0.717, 1.165) is 18.0 Å². The van der Waals surface area contributed by atoms with Crippen LogP contribution in [0.4, 0.5) is 5.69 Å². The molecule has 7 aromatic carbocycles. The first-order valence-corrected chi connectivity index (χ1v) is 18.8. The second-order valence-electron chi connectivity index (χ2n) is 12.3. The summed E-state index contributed by atoms with van der Waals surface area (Å²) in [5, 5.41) is 3.54. The van der Waals surface area contributed by atoms with Crippen molar-refractivity contribution in [3.63, 3.8) is 0 Å². The van der Waals surface area contributed by atoms with Gasteiger partial charge in [-0.15, -0.1) is 0 Å². The van der Waals surface area contributed by atoms with E-state index in [1.165, 1.54) is 38.2 Å². The maximum absolute atomic E-state index is 7.79.